The Bertz CT molecular complexity index is 1500. The number of carbonyl (C=O) groups is 3. The molecular weight excluding hydrogens is 496 g/mol. The number of aromatic amines is 1. The molecule has 2 aliphatic heterocycles. The number of fused-ring (bicyclic) bond motifs is 3. The number of methoxy groups -OCH3 is 1. The van der Waals surface area contributed by atoms with Gasteiger partial charge in [0.25, 0.3) is 5.91 Å². The number of amides is 3. The van der Waals surface area contributed by atoms with E-state index in [4.69, 9.17) is 4.74 Å². The summed E-state index contributed by atoms with van der Waals surface area (Å²) >= 11 is 0. The maximum atomic E-state index is 14.3. The van der Waals surface area contributed by atoms with Crippen molar-refractivity contribution in [1.82, 2.24) is 15.2 Å². The lowest BCUT2D eigenvalue weighted by Gasteiger charge is -2.30. The molecule has 0 radical (unpaired) electrons. The van der Waals surface area contributed by atoms with E-state index in [1.54, 1.807) is 30.0 Å². The van der Waals surface area contributed by atoms with Gasteiger partial charge in [-0.15, -0.1) is 0 Å². The van der Waals surface area contributed by atoms with Crippen molar-refractivity contribution < 1.29 is 24.2 Å². The lowest BCUT2D eigenvalue weighted by atomic mass is 9.79. The van der Waals surface area contributed by atoms with Gasteiger partial charge in [0.15, 0.2) is 0 Å². The fourth-order valence-electron chi connectivity index (χ4n) is 6.95. The van der Waals surface area contributed by atoms with Crippen LogP contribution in [0.15, 0.2) is 48.5 Å². The van der Waals surface area contributed by atoms with Crippen molar-refractivity contribution in [2.45, 2.75) is 43.7 Å². The van der Waals surface area contributed by atoms with Crippen LogP contribution in [0.2, 0.25) is 0 Å². The van der Waals surface area contributed by atoms with Crippen LogP contribution >= 0.6 is 0 Å². The summed E-state index contributed by atoms with van der Waals surface area (Å²) in [4.78, 5) is 47.9. The molecule has 3 amide bonds. The second kappa shape index (κ2) is 8.84. The quantitative estimate of drug-likeness (QED) is 0.454. The zero-order chi connectivity index (χ0) is 27.7. The number of ether oxygens (including phenoxy) is 1. The van der Waals surface area contributed by atoms with Gasteiger partial charge in [-0.1, -0.05) is 38.1 Å². The molecule has 0 bridgehead atoms. The highest BCUT2D eigenvalue weighted by Crippen LogP contribution is 2.53. The maximum Gasteiger partial charge on any atom is 0.268 e. The van der Waals surface area contributed by atoms with Gasteiger partial charge in [-0.2, -0.15) is 0 Å². The predicted octanol–water partition coefficient (Wildman–Crippen LogP) is 2.83. The standard InChI is InChI=1S/C30H34N4O5/c1-17(2)21-14-30(21,32-26(36)23-12-19-22(31-23)9-7-11-25(19)39-4)28(38)34-16-29(13-18(34)15-35)20-8-5-6-10-24(20)33(3)27(29)37/h5-12,17-18,21,31,35H,13-16H2,1-4H3,(H,32,36)/t18-,21?,29-,30?/m0/s1. The summed E-state index contributed by atoms with van der Waals surface area (Å²) in [7, 11) is 3.33. The summed E-state index contributed by atoms with van der Waals surface area (Å²) in [5.74, 6) is 0.0675. The van der Waals surface area contributed by atoms with Crippen LogP contribution in [0.4, 0.5) is 5.69 Å². The van der Waals surface area contributed by atoms with Crippen molar-refractivity contribution in [3.8, 4) is 5.75 Å². The predicted molar refractivity (Wildman–Crippen MR) is 147 cm³/mol. The van der Waals surface area contributed by atoms with E-state index < -0.39 is 17.0 Å². The number of hydrogen-bond donors (Lipinski definition) is 3. The van der Waals surface area contributed by atoms with E-state index in [9.17, 15) is 19.5 Å². The minimum atomic E-state index is -1.10. The molecule has 1 saturated heterocycles. The van der Waals surface area contributed by atoms with E-state index in [-0.39, 0.29) is 42.7 Å². The largest absolute Gasteiger partial charge is 0.496 e. The molecule has 1 aliphatic carbocycles. The number of para-hydroxylation sites is 1. The molecule has 39 heavy (non-hydrogen) atoms. The number of benzene rings is 2. The molecular formula is C30H34N4O5. The molecule has 1 aromatic heterocycles. The Labute approximate surface area is 227 Å². The van der Waals surface area contributed by atoms with E-state index in [2.05, 4.69) is 10.3 Å². The third kappa shape index (κ3) is 3.59. The molecule has 4 atom stereocenters. The SMILES string of the molecule is COc1cccc2[nH]c(C(=O)NC3(C(=O)N4C[C@]5(C[C@H]4CO)C(=O)N(C)c4ccccc45)CC3C(C)C)cc12. The van der Waals surface area contributed by atoms with Gasteiger partial charge in [0, 0.05) is 30.2 Å². The van der Waals surface area contributed by atoms with E-state index in [0.717, 1.165) is 22.2 Å². The van der Waals surface area contributed by atoms with Gasteiger partial charge in [0.05, 0.1) is 25.2 Å². The number of aromatic nitrogens is 1. The number of rotatable bonds is 6. The van der Waals surface area contributed by atoms with E-state index in [1.165, 1.54) is 0 Å². The number of nitrogens with one attached hydrogen (secondary N) is 2. The summed E-state index contributed by atoms with van der Waals surface area (Å²) in [5, 5.41) is 14.2. The van der Waals surface area contributed by atoms with Gasteiger partial charge in [0.2, 0.25) is 11.8 Å². The fourth-order valence-corrected chi connectivity index (χ4v) is 6.95. The molecule has 3 N–H and O–H groups in total. The molecule has 9 nitrogen and oxygen atoms in total. The number of aliphatic hydroxyl groups is 1. The Morgan fingerprint density at radius 1 is 1.18 bits per heavy atom. The highest BCUT2D eigenvalue weighted by molar-refractivity contribution is 6.09. The minimum Gasteiger partial charge on any atom is -0.496 e. The van der Waals surface area contributed by atoms with Crippen LogP contribution in [0, 0.1) is 11.8 Å². The maximum absolute atomic E-state index is 14.3. The van der Waals surface area contributed by atoms with Crippen LogP contribution in [0.3, 0.4) is 0 Å². The van der Waals surface area contributed by atoms with E-state index >= 15 is 0 Å². The first-order chi connectivity index (χ1) is 18.7. The number of hydrogen-bond acceptors (Lipinski definition) is 5. The van der Waals surface area contributed by atoms with E-state index in [0.29, 0.717) is 24.3 Å². The third-order valence-corrected chi connectivity index (χ3v) is 9.06. The van der Waals surface area contributed by atoms with Crippen LogP contribution in [-0.4, -0.2) is 71.6 Å². The smallest absolute Gasteiger partial charge is 0.268 e. The van der Waals surface area contributed by atoms with Gasteiger partial charge in [-0.25, -0.2) is 0 Å². The average Bonchev–Trinajstić information content (AvgIpc) is 3.23. The number of nitrogens with zero attached hydrogens (tertiary/aromatic N) is 2. The van der Waals surface area contributed by atoms with Crippen molar-refractivity contribution >= 4 is 34.3 Å². The molecule has 204 valence electrons. The lowest BCUT2D eigenvalue weighted by molar-refractivity contribution is -0.136. The van der Waals surface area contributed by atoms with Crippen molar-refractivity contribution in [2.75, 3.05) is 32.2 Å². The summed E-state index contributed by atoms with van der Waals surface area (Å²) < 4.78 is 5.43. The summed E-state index contributed by atoms with van der Waals surface area (Å²) in [5.41, 5.74) is 0.813. The molecule has 9 heteroatoms. The fraction of sp³-hybridized carbons (Fsp3) is 0.433. The Hall–Kier alpha value is -3.85. The number of aliphatic hydroxyl groups excluding tert-OH is 1. The zero-order valence-corrected chi connectivity index (χ0v) is 22.7. The molecule has 2 fully saturated rings. The normalized spacial score (nSPS) is 27.5. The number of likely N-dealkylation sites (tertiary alicyclic amines) is 1. The number of likely N-dealkylation sites (N-methyl/N-ethyl adjacent to an activating group) is 1. The summed E-state index contributed by atoms with van der Waals surface area (Å²) in [6.07, 6.45) is 0.846. The average molecular weight is 531 g/mol. The van der Waals surface area contributed by atoms with E-state index in [1.807, 2.05) is 56.3 Å². The molecule has 3 aliphatic rings. The summed E-state index contributed by atoms with van der Waals surface area (Å²) in [6, 6.07) is 14.4. The second-order valence-electron chi connectivity index (χ2n) is 11.5. The molecule has 1 spiro atoms. The third-order valence-electron chi connectivity index (χ3n) is 9.06. The molecule has 3 aromatic rings. The Balaban J connectivity index is 1.32. The molecule has 6 rings (SSSR count). The van der Waals surface area contributed by atoms with Crippen LogP contribution in [0.25, 0.3) is 10.9 Å². The van der Waals surface area contributed by atoms with Crippen molar-refractivity contribution in [3.05, 3.63) is 59.8 Å². The van der Waals surface area contributed by atoms with Crippen LogP contribution < -0.4 is 15.0 Å². The van der Waals surface area contributed by atoms with Gasteiger partial charge in [-0.05, 0) is 54.5 Å². The molecule has 2 aromatic carbocycles. The zero-order valence-electron chi connectivity index (χ0n) is 22.7. The van der Waals surface area contributed by atoms with Gasteiger partial charge >= 0.3 is 0 Å². The van der Waals surface area contributed by atoms with Gasteiger partial charge in [0.1, 0.15) is 17.0 Å². The first-order valence-corrected chi connectivity index (χ1v) is 13.4. The number of H-pyrrole nitrogens is 1. The Morgan fingerprint density at radius 3 is 2.64 bits per heavy atom. The van der Waals surface area contributed by atoms with Crippen molar-refractivity contribution in [1.29, 1.82) is 0 Å². The highest BCUT2D eigenvalue weighted by Gasteiger charge is 2.66. The van der Waals surface area contributed by atoms with Crippen LogP contribution in [-0.2, 0) is 15.0 Å². The molecule has 3 heterocycles. The summed E-state index contributed by atoms with van der Waals surface area (Å²) in [6.45, 7) is 3.99. The highest BCUT2D eigenvalue weighted by atomic mass is 16.5. The molecule has 1 saturated carbocycles. The van der Waals surface area contributed by atoms with Crippen molar-refractivity contribution in [2.24, 2.45) is 11.8 Å². The number of carbonyl (C=O) groups excluding carboxylic acids is 3. The first kappa shape index (κ1) is 25.4. The van der Waals surface area contributed by atoms with Crippen molar-refractivity contribution in [3.63, 3.8) is 0 Å². The Kier molecular flexibility index (Phi) is 5.77. The van der Waals surface area contributed by atoms with Gasteiger partial charge < -0.3 is 29.9 Å². The minimum absolute atomic E-state index is 0.0574. The lowest BCUT2D eigenvalue weighted by Crippen LogP contribution is -2.55. The van der Waals surface area contributed by atoms with Gasteiger partial charge in [-0.3, -0.25) is 14.4 Å². The monoisotopic (exact) mass is 530 g/mol. The number of anilines is 1. The topological polar surface area (TPSA) is 115 Å². The van der Waals surface area contributed by atoms with Crippen LogP contribution in [0.5, 0.6) is 5.75 Å². The Morgan fingerprint density at radius 2 is 1.95 bits per heavy atom. The molecule has 2 unspecified atom stereocenters. The first-order valence-electron chi connectivity index (χ1n) is 13.4. The second-order valence-corrected chi connectivity index (χ2v) is 11.5. The van der Waals surface area contributed by atoms with Crippen LogP contribution in [0.1, 0.15) is 42.7 Å².